The van der Waals surface area contributed by atoms with Crippen LogP contribution in [0.15, 0.2) is 22.7 Å². The minimum absolute atomic E-state index is 0.0891. The first-order valence-corrected chi connectivity index (χ1v) is 6.95. The van der Waals surface area contributed by atoms with E-state index in [0.29, 0.717) is 4.47 Å². The lowest BCUT2D eigenvalue weighted by Crippen LogP contribution is -2.29. The number of hydrogen-bond acceptors (Lipinski definition) is 2. The number of benzene rings is 1. The van der Waals surface area contributed by atoms with Crippen molar-refractivity contribution in [2.24, 2.45) is 0 Å². The second kappa shape index (κ2) is 4.49. The summed E-state index contributed by atoms with van der Waals surface area (Å²) in [4.78, 5) is 12.3. The van der Waals surface area contributed by atoms with Crippen molar-refractivity contribution in [2.75, 3.05) is 5.75 Å². The fourth-order valence-corrected chi connectivity index (χ4v) is 3.56. The van der Waals surface area contributed by atoms with Gasteiger partial charge >= 0.3 is 0 Å². The molecule has 1 saturated heterocycles. The minimum atomic E-state index is -0.443. The second-order valence-corrected chi connectivity index (χ2v) is 6.57. The zero-order chi connectivity index (χ0) is 11.8. The van der Waals surface area contributed by atoms with E-state index in [1.165, 1.54) is 0 Å². The molecule has 1 aromatic rings. The van der Waals surface area contributed by atoms with Gasteiger partial charge in [0.15, 0.2) is 5.78 Å². The molecule has 1 aliphatic rings. The molecule has 0 amide bonds. The summed E-state index contributed by atoms with van der Waals surface area (Å²) in [6, 6.07) is 4.87. The second-order valence-electron chi connectivity index (χ2n) is 4.11. The van der Waals surface area contributed by atoms with Crippen LogP contribution in [-0.4, -0.2) is 16.3 Å². The molecule has 1 aromatic carbocycles. The van der Waals surface area contributed by atoms with Crippen molar-refractivity contribution in [2.45, 2.75) is 24.5 Å². The van der Waals surface area contributed by atoms with Crippen LogP contribution in [0.5, 0.6) is 0 Å². The van der Waals surface area contributed by atoms with Crippen LogP contribution in [0, 0.1) is 5.82 Å². The van der Waals surface area contributed by atoms with Crippen molar-refractivity contribution < 1.29 is 9.18 Å². The molecular weight excluding hydrogens is 291 g/mol. The average Bonchev–Trinajstić information content (AvgIpc) is 2.70. The number of rotatable bonds is 2. The summed E-state index contributed by atoms with van der Waals surface area (Å²) >= 11 is 4.74. The molecule has 1 unspecified atom stereocenters. The van der Waals surface area contributed by atoms with Gasteiger partial charge in [-0.05, 0) is 53.6 Å². The van der Waals surface area contributed by atoms with Crippen LogP contribution in [-0.2, 0) is 0 Å². The highest BCUT2D eigenvalue weighted by Crippen LogP contribution is 2.40. The summed E-state index contributed by atoms with van der Waals surface area (Å²) in [6.45, 7) is 1.91. The molecule has 0 N–H and O–H groups in total. The normalized spacial score (nSPS) is 24.7. The van der Waals surface area contributed by atoms with Crippen molar-refractivity contribution in [1.29, 1.82) is 0 Å². The van der Waals surface area contributed by atoms with Crippen molar-refractivity contribution >= 4 is 33.5 Å². The Balaban J connectivity index is 2.37. The average molecular weight is 303 g/mol. The summed E-state index contributed by atoms with van der Waals surface area (Å²) in [5, 5.41) is 0. The highest BCUT2D eigenvalue weighted by atomic mass is 79.9. The largest absolute Gasteiger partial charge is 0.293 e. The highest BCUT2D eigenvalue weighted by molar-refractivity contribution is 9.10. The predicted octanol–water partition coefficient (Wildman–Crippen LogP) is 4.06. The molecule has 1 heterocycles. The van der Waals surface area contributed by atoms with Crippen molar-refractivity contribution in [3.8, 4) is 0 Å². The summed E-state index contributed by atoms with van der Waals surface area (Å²) in [5.74, 6) is 0.452. The molecule has 4 heteroatoms. The van der Waals surface area contributed by atoms with Crippen LogP contribution in [0.1, 0.15) is 30.1 Å². The van der Waals surface area contributed by atoms with Gasteiger partial charge < -0.3 is 0 Å². The monoisotopic (exact) mass is 302 g/mol. The fourth-order valence-electron chi connectivity index (χ4n) is 1.92. The molecule has 0 saturated carbocycles. The van der Waals surface area contributed by atoms with Crippen LogP contribution in [0.2, 0.25) is 0 Å². The molecule has 0 radical (unpaired) electrons. The van der Waals surface area contributed by atoms with Gasteiger partial charge in [-0.2, -0.15) is 0 Å². The summed E-state index contributed by atoms with van der Waals surface area (Å²) in [5.41, 5.74) is 0.200. The van der Waals surface area contributed by atoms with Crippen LogP contribution in [0.3, 0.4) is 0 Å². The molecule has 0 aliphatic carbocycles. The van der Waals surface area contributed by atoms with Gasteiger partial charge in [-0.15, -0.1) is 11.8 Å². The quantitative estimate of drug-likeness (QED) is 0.767. The molecule has 2 rings (SSSR count). The van der Waals surface area contributed by atoms with Gasteiger partial charge in [-0.3, -0.25) is 4.79 Å². The molecule has 0 aromatic heterocycles. The van der Waals surface area contributed by atoms with E-state index >= 15 is 0 Å². The number of Topliss-reactive ketones (excluding diaryl/α,β-unsaturated/α-hetero) is 1. The Morgan fingerprint density at radius 1 is 1.56 bits per heavy atom. The van der Waals surface area contributed by atoms with E-state index in [0.717, 1.165) is 18.6 Å². The number of hydrogen-bond donors (Lipinski definition) is 0. The molecule has 1 aliphatic heterocycles. The Labute approximate surface area is 107 Å². The standard InChI is InChI=1S/C12H12BrFOS/c1-12(6-3-7-16-12)11(15)8-4-2-5-9(13)10(8)14/h2,4-5H,3,6-7H2,1H3. The van der Waals surface area contributed by atoms with Gasteiger partial charge in [0, 0.05) is 0 Å². The summed E-state index contributed by atoms with van der Waals surface area (Å²) in [6.07, 6.45) is 1.87. The Kier molecular flexibility index (Phi) is 3.40. The SMILES string of the molecule is CC1(C(=O)c2cccc(Br)c2F)CCCS1. The third-order valence-corrected chi connectivity index (χ3v) is 5.03. The molecule has 0 bridgehead atoms. The molecular formula is C12H12BrFOS. The zero-order valence-electron chi connectivity index (χ0n) is 8.93. The number of carbonyl (C=O) groups is 1. The van der Waals surface area contributed by atoms with Gasteiger partial charge in [0.25, 0.3) is 0 Å². The van der Waals surface area contributed by atoms with E-state index in [1.54, 1.807) is 30.0 Å². The first-order valence-electron chi connectivity index (χ1n) is 5.17. The first-order chi connectivity index (χ1) is 7.54. The summed E-state index contributed by atoms with van der Waals surface area (Å²) < 4.78 is 13.7. The highest BCUT2D eigenvalue weighted by Gasteiger charge is 2.38. The lowest BCUT2D eigenvalue weighted by atomic mass is 9.94. The number of halogens is 2. The van der Waals surface area contributed by atoms with Crippen molar-refractivity contribution in [1.82, 2.24) is 0 Å². The Morgan fingerprint density at radius 2 is 2.31 bits per heavy atom. The third-order valence-electron chi connectivity index (χ3n) is 2.90. The predicted molar refractivity (Wildman–Crippen MR) is 68.5 cm³/mol. The van der Waals surface area contributed by atoms with E-state index in [2.05, 4.69) is 15.9 Å². The van der Waals surface area contributed by atoms with Crippen molar-refractivity contribution in [3.63, 3.8) is 0 Å². The Bertz CT molecular complexity index is 427. The maximum Gasteiger partial charge on any atom is 0.181 e. The Hall–Kier alpha value is -0.350. The molecule has 0 spiro atoms. The molecule has 1 atom stereocenters. The van der Waals surface area contributed by atoms with Crippen LogP contribution in [0.25, 0.3) is 0 Å². The van der Waals surface area contributed by atoms with E-state index in [-0.39, 0.29) is 11.3 Å². The summed E-state index contributed by atoms with van der Waals surface area (Å²) in [7, 11) is 0. The van der Waals surface area contributed by atoms with E-state index in [9.17, 15) is 9.18 Å². The number of ketones is 1. The maximum absolute atomic E-state index is 13.8. The smallest absolute Gasteiger partial charge is 0.181 e. The van der Waals surface area contributed by atoms with Gasteiger partial charge in [0.2, 0.25) is 0 Å². The van der Waals surface area contributed by atoms with Gasteiger partial charge in [-0.1, -0.05) is 6.07 Å². The lowest BCUT2D eigenvalue weighted by Gasteiger charge is -2.21. The lowest BCUT2D eigenvalue weighted by molar-refractivity contribution is 0.0945. The van der Waals surface area contributed by atoms with E-state index < -0.39 is 10.6 Å². The molecule has 16 heavy (non-hydrogen) atoms. The van der Waals surface area contributed by atoms with Crippen LogP contribution < -0.4 is 0 Å². The first kappa shape index (κ1) is 12.1. The molecule has 86 valence electrons. The van der Waals surface area contributed by atoms with Gasteiger partial charge in [-0.25, -0.2) is 4.39 Å². The molecule has 1 fully saturated rings. The molecule has 1 nitrogen and oxygen atoms in total. The third kappa shape index (κ3) is 2.05. The number of thioether (sulfide) groups is 1. The topological polar surface area (TPSA) is 17.1 Å². The zero-order valence-corrected chi connectivity index (χ0v) is 11.3. The van der Waals surface area contributed by atoms with Gasteiger partial charge in [0.1, 0.15) is 5.82 Å². The number of carbonyl (C=O) groups excluding carboxylic acids is 1. The van der Waals surface area contributed by atoms with Crippen LogP contribution in [0.4, 0.5) is 4.39 Å². The van der Waals surface area contributed by atoms with Crippen molar-refractivity contribution in [3.05, 3.63) is 34.1 Å². The maximum atomic E-state index is 13.8. The minimum Gasteiger partial charge on any atom is -0.293 e. The van der Waals surface area contributed by atoms with E-state index in [4.69, 9.17) is 0 Å². The Morgan fingerprint density at radius 3 is 2.94 bits per heavy atom. The fraction of sp³-hybridized carbons (Fsp3) is 0.417. The van der Waals surface area contributed by atoms with Crippen LogP contribution >= 0.6 is 27.7 Å². The van der Waals surface area contributed by atoms with E-state index in [1.807, 2.05) is 6.92 Å². The van der Waals surface area contributed by atoms with Gasteiger partial charge in [0.05, 0.1) is 14.8 Å².